The predicted octanol–water partition coefficient (Wildman–Crippen LogP) is 6.64. The van der Waals surface area contributed by atoms with Crippen molar-refractivity contribution in [2.45, 2.75) is 19.8 Å². The van der Waals surface area contributed by atoms with E-state index in [0.29, 0.717) is 0 Å². The van der Waals surface area contributed by atoms with Crippen LogP contribution < -0.4 is 0 Å². The van der Waals surface area contributed by atoms with E-state index < -0.39 is 0 Å². The average molecular weight is 375 g/mol. The first-order valence-electron chi connectivity index (χ1n) is 9.92. The van der Waals surface area contributed by atoms with Crippen molar-refractivity contribution in [1.82, 2.24) is 15.0 Å². The van der Waals surface area contributed by atoms with Gasteiger partial charge in [-0.05, 0) is 33.7 Å². The maximum Gasteiger partial charge on any atom is 0.163 e. The molecular formula is C26H21N3. The largest absolute Gasteiger partial charge is 0.213 e. The summed E-state index contributed by atoms with van der Waals surface area (Å²) in [6.45, 7) is 4.23. The summed E-state index contributed by atoms with van der Waals surface area (Å²) in [4.78, 5) is 14.4. The topological polar surface area (TPSA) is 38.7 Å². The van der Waals surface area contributed by atoms with Crippen molar-refractivity contribution in [3.8, 4) is 22.8 Å². The molecule has 0 aliphatic carbocycles. The average Bonchev–Trinajstić information content (AvgIpc) is 2.78. The lowest BCUT2D eigenvalue weighted by Crippen LogP contribution is -2.04. The molecule has 0 aliphatic rings. The summed E-state index contributed by atoms with van der Waals surface area (Å²) in [7, 11) is 0. The molecule has 0 fully saturated rings. The van der Waals surface area contributed by atoms with E-state index in [-0.39, 0.29) is 5.92 Å². The Kier molecular flexibility index (Phi) is 4.28. The number of hydrogen-bond acceptors (Lipinski definition) is 3. The van der Waals surface area contributed by atoms with Gasteiger partial charge in [0.15, 0.2) is 11.6 Å². The molecule has 0 amide bonds. The zero-order valence-electron chi connectivity index (χ0n) is 16.5. The number of hydrogen-bond donors (Lipinski definition) is 0. The van der Waals surface area contributed by atoms with Crippen molar-refractivity contribution in [3.05, 3.63) is 90.8 Å². The molecule has 0 atom stereocenters. The molecule has 0 aliphatic heterocycles. The minimum atomic E-state index is 0.219. The SMILES string of the molecule is CC(C)c1nc(-c2ccc3ccccc3c2)nc(-c2ccc3ccccc3c2)n1. The third kappa shape index (κ3) is 3.36. The van der Waals surface area contributed by atoms with E-state index in [2.05, 4.69) is 98.8 Å². The van der Waals surface area contributed by atoms with Crippen LogP contribution >= 0.6 is 0 Å². The van der Waals surface area contributed by atoms with E-state index >= 15 is 0 Å². The van der Waals surface area contributed by atoms with Crippen LogP contribution in [0.25, 0.3) is 44.3 Å². The van der Waals surface area contributed by atoms with Crippen LogP contribution in [0.15, 0.2) is 84.9 Å². The lowest BCUT2D eigenvalue weighted by atomic mass is 10.1. The zero-order chi connectivity index (χ0) is 19.8. The molecule has 0 saturated heterocycles. The molecule has 3 heteroatoms. The third-order valence-corrected chi connectivity index (χ3v) is 5.18. The van der Waals surface area contributed by atoms with Gasteiger partial charge in [0.1, 0.15) is 5.82 Å². The number of aromatic nitrogens is 3. The molecule has 4 aromatic carbocycles. The van der Waals surface area contributed by atoms with E-state index in [1.807, 2.05) is 0 Å². The summed E-state index contributed by atoms with van der Waals surface area (Å²) in [5.41, 5.74) is 2.02. The smallest absolute Gasteiger partial charge is 0.163 e. The molecule has 0 bridgehead atoms. The second-order valence-corrected chi connectivity index (χ2v) is 7.62. The Balaban J connectivity index is 1.68. The van der Waals surface area contributed by atoms with Crippen LogP contribution in [0.4, 0.5) is 0 Å². The lowest BCUT2D eigenvalue weighted by Gasteiger charge is -2.11. The van der Waals surface area contributed by atoms with Gasteiger partial charge in [0, 0.05) is 17.0 Å². The fourth-order valence-corrected chi connectivity index (χ4v) is 3.57. The highest BCUT2D eigenvalue weighted by molar-refractivity contribution is 5.87. The summed E-state index contributed by atoms with van der Waals surface area (Å²) in [5.74, 6) is 2.47. The Hall–Kier alpha value is -3.59. The molecule has 1 aromatic heterocycles. The Morgan fingerprint density at radius 3 is 1.41 bits per heavy atom. The predicted molar refractivity (Wildman–Crippen MR) is 120 cm³/mol. The molecule has 0 N–H and O–H groups in total. The Morgan fingerprint density at radius 2 is 0.966 bits per heavy atom. The van der Waals surface area contributed by atoms with Gasteiger partial charge in [-0.2, -0.15) is 0 Å². The van der Waals surface area contributed by atoms with E-state index in [4.69, 9.17) is 15.0 Å². The summed E-state index contributed by atoms with van der Waals surface area (Å²) in [6.07, 6.45) is 0. The zero-order valence-corrected chi connectivity index (χ0v) is 16.5. The minimum absolute atomic E-state index is 0.219. The summed E-state index contributed by atoms with van der Waals surface area (Å²) >= 11 is 0. The monoisotopic (exact) mass is 375 g/mol. The van der Waals surface area contributed by atoms with Crippen LogP contribution in [0.5, 0.6) is 0 Å². The van der Waals surface area contributed by atoms with Crippen LogP contribution in [0.2, 0.25) is 0 Å². The molecule has 3 nitrogen and oxygen atoms in total. The molecule has 5 rings (SSSR count). The normalized spacial score (nSPS) is 11.4. The molecule has 1 heterocycles. The first-order chi connectivity index (χ1) is 14.2. The molecule has 0 saturated carbocycles. The van der Waals surface area contributed by atoms with Gasteiger partial charge in [0.05, 0.1) is 0 Å². The van der Waals surface area contributed by atoms with Gasteiger partial charge >= 0.3 is 0 Å². The molecule has 0 radical (unpaired) electrons. The van der Waals surface area contributed by atoms with Crippen LogP contribution in [0.3, 0.4) is 0 Å². The van der Waals surface area contributed by atoms with Crippen LogP contribution in [-0.2, 0) is 0 Å². The number of benzene rings is 4. The molecule has 0 unspecified atom stereocenters. The van der Waals surface area contributed by atoms with E-state index in [9.17, 15) is 0 Å². The third-order valence-electron chi connectivity index (χ3n) is 5.18. The lowest BCUT2D eigenvalue weighted by molar-refractivity contribution is 0.766. The summed E-state index contributed by atoms with van der Waals surface area (Å²) < 4.78 is 0. The van der Waals surface area contributed by atoms with Crippen molar-refractivity contribution in [2.24, 2.45) is 0 Å². The summed E-state index contributed by atoms with van der Waals surface area (Å²) in [5, 5.41) is 4.79. The fraction of sp³-hybridized carbons (Fsp3) is 0.115. The van der Waals surface area contributed by atoms with Gasteiger partial charge in [-0.25, -0.2) is 15.0 Å². The van der Waals surface area contributed by atoms with E-state index in [1.165, 1.54) is 21.5 Å². The summed E-state index contributed by atoms with van der Waals surface area (Å²) in [6, 6.07) is 29.4. The first-order valence-corrected chi connectivity index (χ1v) is 9.92. The van der Waals surface area contributed by atoms with Crippen LogP contribution in [0, 0.1) is 0 Å². The number of fused-ring (bicyclic) bond motifs is 2. The Morgan fingerprint density at radius 1 is 0.517 bits per heavy atom. The van der Waals surface area contributed by atoms with Gasteiger partial charge in [-0.1, -0.05) is 86.6 Å². The van der Waals surface area contributed by atoms with Crippen molar-refractivity contribution in [2.75, 3.05) is 0 Å². The second-order valence-electron chi connectivity index (χ2n) is 7.62. The quantitative estimate of drug-likeness (QED) is 0.355. The van der Waals surface area contributed by atoms with Crippen LogP contribution in [-0.4, -0.2) is 15.0 Å². The van der Waals surface area contributed by atoms with Gasteiger partial charge in [0.25, 0.3) is 0 Å². The fourth-order valence-electron chi connectivity index (χ4n) is 3.57. The maximum absolute atomic E-state index is 4.85. The van der Waals surface area contributed by atoms with Gasteiger partial charge in [-0.3, -0.25) is 0 Å². The Labute approximate surface area is 170 Å². The van der Waals surface area contributed by atoms with Gasteiger partial charge in [-0.15, -0.1) is 0 Å². The van der Waals surface area contributed by atoms with Gasteiger partial charge in [0.2, 0.25) is 0 Å². The van der Waals surface area contributed by atoms with E-state index in [1.54, 1.807) is 0 Å². The number of nitrogens with zero attached hydrogens (tertiary/aromatic N) is 3. The number of rotatable bonds is 3. The molecule has 5 aromatic rings. The molecule has 140 valence electrons. The van der Waals surface area contributed by atoms with Crippen molar-refractivity contribution < 1.29 is 0 Å². The van der Waals surface area contributed by atoms with Crippen LogP contribution in [0.1, 0.15) is 25.6 Å². The Bertz CT molecular complexity index is 1240. The van der Waals surface area contributed by atoms with Crippen molar-refractivity contribution in [1.29, 1.82) is 0 Å². The van der Waals surface area contributed by atoms with E-state index in [0.717, 1.165) is 28.6 Å². The highest BCUT2D eigenvalue weighted by Crippen LogP contribution is 2.27. The first kappa shape index (κ1) is 17.5. The highest BCUT2D eigenvalue weighted by Gasteiger charge is 2.13. The second kappa shape index (κ2) is 7.10. The maximum atomic E-state index is 4.85. The van der Waals surface area contributed by atoms with Crippen molar-refractivity contribution >= 4 is 21.5 Å². The molecular weight excluding hydrogens is 354 g/mol. The minimum Gasteiger partial charge on any atom is -0.213 e. The van der Waals surface area contributed by atoms with Crippen molar-refractivity contribution in [3.63, 3.8) is 0 Å². The molecule has 29 heavy (non-hydrogen) atoms. The standard InChI is InChI=1S/C26H21N3/c1-17(2)24-27-25(22-13-11-18-7-3-5-9-20(18)15-22)29-26(28-24)23-14-12-19-8-4-6-10-21(19)16-23/h3-17H,1-2H3. The highest BCUT2D eigenvalue weighted by atomic mass is 15.0. The molecule has 0 spiro atoms. The van der Waals surface area contributed by atoms with Gasteiger partial charge < -0.3 is 0 Å².